The minimum absolute atomic E-state index is 0.00957. The molecule has 284 valence electrons. The number of aromatic amines is 1. The predicted octanol–water partition coefficient (Wildman–Crippen LogP) is 5.13. The van der Waals surface area contributed by atoms with E-state index in [1.165, 1.54) is 11.3 Å². The maximum atomic E-state index is 13.2. The number of H-pyrrole nitrogens is 1. The van der Waals surface area contributed by atoms with Crippen molar-refractivity contribution in [3.8, 4) is 5.75 Å². The van der Waals surface area contributed by atoms with E-state index in [0.717, 1.165) is 28.1 Å². The minimum atomic E-state index is -5.36. The average Bonchev–Trinajstić information content (AvgIpc) is 3.70. The highest BCUT2D eigenvalue weighted by Gasteiger charge is 2.48. The summed E-state index contributed by atoms with van der Waals surface area (Å²) in [5.41, 5.74) is 1.01. The number of hydrogen-bond acceptors (Lipinski definition) is 11. The van der Waals surface area contributed by atoms with Crippen LogP contribution < -0.4 is 14.9 Å². The Morgan fingerprint density at radius 2 is 1.72 bits per heavy atom. The van der Waals surface area contributed by atoms with Gasteiger partial charge in [0.25, 0.3) is 5.91 Å². The van der Waals surface area contributed by atoms with E-state index in [9.17, 15) is 45.5 Å². The van der Waals surface area contributed by atoms with E-state index < -0.39 is 46.6 Å². The Balaban J connectivity index is 1.06. The molecule has 0 saturated carbocycles. The molecule has 1 atom stereocenters. The number of fused-ring (bicyclic) bond motifs is 1. The number of esters is 2. The molecule has 2 saturated heterocycles. The third kappa shape index (κ3) is 9.09. The molecule has 0 aliphatic carbocycles. The van der Waals surface area contributed by atoms with Crippen LogP contribution in [0.15, 0.2) is 53.3 Å². The fourth-order valence-corrected chi connectivity index (χ4v) is 8.08. The summed E-state index contributed by atoms with van der Waals surface area (Å²) < 4.78 is 93.2. The summed E-state index contributed by atoms with van der Waals surface area (Å²) in [5.74, 6) is -5.75. The number of rotatable bonds is 11. The SMILES string of the molecule is Cc1ccc(C(=O)N2CCOC3(CN(Cc4cccc(CCNC[C@H](OC(=O)C(F)(F)F)c5ccc(OC(=O)C(F)(F)F)c6[nH]c(=O)sc56)c4)C3)C2)s1. The largest absolute Gasteiger partial charge is 0.491 e. The summed E-state index contributed by atoms with van der Waals surface area (Å²) in [7, 11) is 0. The predicted molar refractivity (Wildman–Crippen MR) is 181 cm³/mol. The summed E-state index contributed by atoms with van der Waals surface area (Å²) in [5, 5.41) is 2.95. The van der Waals surface area contributed by atoms with Crippen LogP contribution in [0, 0.1) is 6.92 Å². The van der Waals surface area contributed by atoms with Crippen molar-refractivity contribution in [1.82, 2.24) is 20.1 Å². The molecule has 2 aliphatic heterocycles. The van der Waals surface area contributed by atoms with Crippen molar-refractivity contribution in [1.29, 1.82) is 0 Å². The Morgan fingerprint density at radius 1 is 0.981 bits per heavy atom. The summed E-state index contributed by atoms with van der Waals surface area (Å²) in [6.45, 7) is 5.27. The molecule has 19 heteroatoms. The highest BCUT2D eigenvalue weighted by molar-refractivity contribution is 7.16. The number of nitrogens with zero attached hydrogens (tertiary/aromatic N) is 2. The smallest absolute Gasteiger partial charge is 0.449 e. The molecular weight excluding hydrogens is 755 g/mol. The van der Waals surface area contributed by atoms with Crippen molar-refractivity contribution in [2.24, 2.45) is 0 Å². The fraction of sp³-hybridized carbons (Fsp3) is 0.412. The van der Waals surface area contributed by atoms with E-state index in [2.05, 4.69) is 19.9 Å². The van der Waals surface area contributed by atoms with E-state index in [-0.39, 0.29) is 34.8 Å². The first kappa shape index (κ1) is 38.4. The van der Waals surface area contributed by atoms with Gasteiger partial charge in [-0.15, -0.1) is 11.3 Å². The van der Waals surface area contributed by atoms with Crippen LogP contribution in [0.2, 0.25) is 0 Å². The molecule has 1 spiro atoms. The Bertz CT molecular complexity index is 2050. The third-order valence-electron chi connectivity index (χ3n) is 8.66. The summed E-state index contributed by atoms with van der Waals surface area (Å²) >= 11 is 1.91. The topological polar surface area (TPSA) is 130 Å². The van der Waals surface area contributed by atoms with Gasteiger partial charge in [-0.1, -0.05) is 35.6 Å². The molecule has 4 aromatic rings. The lowest BCUT2D eigenvalue weighted by molar-refractivity contribution is -0.205. The van der Waals surface area contributed by atoms with Crippen LogP contribution in [-0.4, -0.2) is 96.5 Å². The van der Waals surface area contributed by atoms with Crippen LogP contribution in [0.25, 0.3) is 10.2 Å². The van der Waals surface area contributed by atoms with Gasteiger partial charge in [0.1, 0.15) is 17.2 Å². The second kappa shape index (κ2) is 15.2. The second-order valence-electron chi connectivity index (χ2n) is 12.7. The Kier molecular flexibility index (Phi) is 11.0. The molecule has 0 bridgehead atoms. The number of carbonyl (C=O) groups excluding carboxylic acids is 3. The van der Waals surface area contributed by atoms with Gasteiger partial charge in [0.2, 0.25) is 0 Å². The number of amides is 1. The van der Waals surface area contributed by atoms with E-state index in [0.29, 0.717) is 62.0 Å². The average molecular weight is 787 g/mol. The Hall–Kier alpha value is -4.30. The zero-order valence-electron chi connectivity index (χ0n) is 27.9. The lowest BCUT2D eigenvalue weighted by atomic mass is 9.91. The molecule has 2 aromatic heterocycles. The van der Waals surface area contributed by atoms with E-state index in [1.54, 1.807) is 0 Å². The van der Waals surface area contributed by atoms with E-state index in [4.69, 9.17) is 9.47 Å². The van der Waals surface area contributed by atoms with Crippen LogP contribution in [0.3, 0.4) is 0 Å². The van der Waals surface area contributed by atoms with Crippen molar-refractivity contribution in [2.75, 3.05) is 45.9 Å². The van der Waals surface area contributed by atoms with Gasteiger partial charge in [-0.05, 0) is 55.3 Å². The quantitative estimate of drug-likeness (QED) is 0.0920. The van der Waals surface area contributed by atoms with Crippen LogP contribution in [0.5, 0.6) is 5.75 Å². The lowest BCUT2D eigenvalue weighted by Crippen LogP contribution is -2.70. The van der Waals surface area contributed by atoms with Gasteiger partial charge in [0.05, 0.1) is 22.7 Å². The van der Waals surface area contributed by atoms with Gasteiger partial charge in [-0.25, -0.2) is 9.59 Å². The van der Waals surface area contributed by atoms with Crippen molar-refractivity contribution < 1.29 is 54.9 Å². The van der Waals surface area contributed by atoms with Gasteiger partial charge in [0.15, 0.2) is 5.75 Å². The molecule has 2 N–H and O–H groups in total. The summed E-state index contributed by atoms with van der Waals surface area (Å²) in [4.78, 5) is 55.7. The molecule has 53 heavy (non-hydrogen) atoms. The van der Waals surface area contributed by atoms with Crippen LogP contribution >= 0.6 is 22.7 Å². The van der Waals surface area contributed by atoms with E-state index in [1.807, 2.05) is 48.2 Å². The molecule has 0 radical (unpaired) electrons. The maximum Gasteiger partial charge on any atom is 0.491 e. The molecule has 1 amide bonds. The van der Waals surface area contributed by atoms with E-state index >= 15 is 0 Å². The number of likely N-dealkylation sites (tertiary alicyclic amines) is 1. The monoisotopic (exact) mass is 786 g/mol. The van der Waals surface area contributed by atoms with Gasteiger partial charge < -0.3 is 29.4 Å². The van der Waals surface area contributed by atoms with Crippen LogP contribution in [0.1, 0.15) is 37.3 Å². The zero-order chi connectivity index (χ0) is 38.1. The van der Waals surface area contributed by atoms with Gasteiger partial charge in [0, 0.05) is 43.2 Å². The number of aromatic nitrogens is 1. The summed E-state index contributed by atoms with van der Waals surface area (Å²) in [6.07, 6.45) is -11.9. The normalized spacial score (nSPS) is 16.8. The lowest BCUT2D eigenvalue weighted by Gasteiger charge is -2.54. The number of hydrogen-bond donors (Lipinski definition) is 2. The first-order valence-electron chi connectivity index (χ1n) is 16.2. The first-order valence-corrected chi connectivity index (χ1v) is 17.9. The minimum Gasteiger partial charge on any atom is -0.449 e. The van der Waals surface area contributed by atoms with Gasteiger partial charge in [-0.2, -0.15) is 26.3 Å². The van der Waals surface area contributed by atoms with Gasteiger partial charge >= 0.3 is 29.2 Å². The molecule has 2 aromatic carbocycles. The van der Waals surface area contributed by atoms with Crippen LogP contribution in [0.4, 0.5) is 26.3 Å². The highest BCUT2D eigenvalue weighted by Crippen LogP contribution is 2.36. The van der Waals surface area contributed by atoms with Crippen molar-refractivity contribution in [2.45, 2.75) is 43.9 Å². The number of nitrogens with one attached hydrogen (secondary N) is 2. The number of morpholine rings is 1. The number of benzene rings is 2. The maximum absolute atomic E-state index is 13.2. The standard InChI is InChI=1S/C34H32F6N4O7S2/c1-19-5-8-25(52-19)28(45)44-11-12-49-32(18-44)16-43(17-32)15-21-4-2-3-20(13-21)9-10-41-14-24(51-30(47)34(38,39)40)22-6-7-23(50-29(46)33(35,36)37)26-27(22)53-31(48)42-26/h2-8,13,24,41H,9-12,14-18H2,1H3,(H,42,48)/t24-/m0/s1. The Morgan fingerprint density at radius 3 is 2.42 bits per heavy atom. The fourth-order valence-electron chi connectivity index (χ4n) is 6.34. The number of alkyl halides is 6. The first-order chi connectivity index (χ1) is 25.0. The number of thiophene rings is 1. The zero-order valence-corrected chi connectivity index (χ0v) is 29.5. The number of ether oxygens (including phenoxy) is 3. The molecule has 2 fully saturated rings. The second-order valence-corrected chi connectivity index (χ2v) is 15.0. The Labute approximate surface area is 305 Å². The van der Waals surface area contributed by atoms with Crippen LogP contribution in [-0.2, 0) is 32.0 Å². The molecule has 2 aliphatic rings. The molecule has 6 rings (SSSR count). The number of halogens is 6. The highest BCUT2D eigenvalue weighted by atomic mass is 32.1. The van der Waals surface area contributed by atoms with Crippen molar-refractivity contribution in [3.63, 3.8) is 0 Å². The molecular formula is C34H32F6N4O7S2. The molecule has 0 unspecified atom stereocenters. The third-order valence-corrected chi connectivity index (χ3v) is 10.6. The molecule has 11 nitrogen and oxygen atoms in total. The molecule has 4 heterocycles. The van der Waals surface area contributed by atoms with Gasteiger partial charge in [-0.3, -0.25) is 14.5 Å². The number of thiazole rings is 1. The number of aryl methyl sites for hydroxylation is 1. The summed E-state index contributed by atoms with van der Waals surface area (Å²) in [6, 6.07) is 13.4. The van der Waals surface area contributed by atoms with Crippen molar-refractivity contribution >= 4 is 50.7 Å². The van der Waals surface area contributed by atoms with Crippen molar-refractivity contribution in [3.05, 3.63) is 84.6 Å². The number of carbonyl (C=O) groups is 3.